The van der Waals surface area contributed by atoms with E-state index in [0.29, 0.717) is 11.0 Å². The zero-order valence-corrected chi connectivity index (χ0v) is 12.6. The Bertz CT molecular complexity index is 515. The summed E-state index contributed by atoms with van der Waals surface area (Å²) in [5.74, 6) is 1.57. The second-order valence-corrected chi connectivity index (χ2v) is 6.88. The van der Waals surface area contributed by atoms with E-state index in [1.807, 2.05) is 18.7 Å². The van der Waals surface area contributed by atoms with Gasteiger partial charge in [-0.05, 0) is 24.0 Å². The molecule has 2 nitrogen and oxygen atoms in total. The van der Waals surface area contributed by atoms with Gasteiger partial charge in [0.1, 0.15) is 0 Å². The highest BCUT2D eigenvalue weighted by Gasteiger charge is 2.06. The van der Waals surface area contributed by atoms with E-state index in [2.05, 4.69) is 43.1 Å². The van der Waals surface area contributed by atoms with Crippen LogP contribution in [0.1, 0.15) is 36.6 Å². The van der Waals surface area contributed by atoms with Crippen molar-refractivity contribution in [3.8, 4) is 0 Å². The van der Waals surface area contributed by atoms with Gasteiger partial charge in [-0.3, -0.25) is 0 Å². The summed E-state index contributed by atoms with van der Waals surface area (Å²) in [4.78, 5) is 4.24. The van der Waals surface area contributed by atoms with Gasteiger partial charge >= 0.3 is 0 Å². The maximum absolute atomic E-state index is 5.70. The summed E-state index contributed by atoms with van der Waals surface area (Å²) < 4.78 is 1.22. The van der Waals surface area contributed by atoms with Crippen molar-refractivity contribution < 1.29 is 0 Å². The molecule has 2 N–H and O–H groups in total. The van der Waals surface area contributed by atoms with Crippen molar-refractivity contribution >= 4 is 28.2 Å². The number of nitrogen functional groups attached to an aromatic ring is 1. The van der Waals surface area contributed by atoms with Gasteiger partial charge in [0.25, 0.3) is 0 Å². The maximum atomic E-state index is 5.70. The molecule has 2 aromatic rings. The zero-order chi connectivity index (χ0) is 13.1. The molecule has 0 spiro atoms. The first-order valence-corrected chi connectivity index (χ1v) is 7.81. The van der Waals surface area contributed by atoms with Crippen molar-refractivity contribution in [3.63, 3.8) is 0 Å². The first-order valence-electron chi connectivity index (χ1n) is 6.01. The van der Waals surface area contributed by atoms with Gasteiger partial charge in [-0.25, -0.2) is 4.98 Å². The maximum Gasteiger partial charge on any atom is 0.181 e. The molecule has 0 atom stereocenters. The monoisotopic (exact) mass is 278 g/mol. The third kappa shape index (κ3) is 3.27. The largest absolute Gasteiger partial charge is 0.375 e. The van der Waals surface area contributed by atoms with Gasteiger partial charge in [0.2, 0.25) is 0 Å². The normalized spacial score (nSPS) is 11.1. The minimum atomic E-state index is 0.593. The average Bonchev–Trinajstić information content (AvgIpc) is 2.66. The summed E-state index contributed by atoms with van der Waals surface area (Å²) in [6, 6.07) is 8.85. The number of benzene rings is 1. The van der Waals surface area contributed by atoms with Gasteiger partial charge in [-0.1, -0.05) is 49.4 Å². The van der Waals surface area contributed by atoms with Gasteiger partial charge in [-0.15, -0.1) is 11.8 Å². The molecule has 2 rings (SSSR count). The average molecular weight is 278 g/mol. The van der Waals surface area contributed by atoms with E-state index in [4.69, 9.17) is 5.73 Å². The van der Waals surface area contributed by atoms with Crippen molar-refractivity contribution in [1.29, 1.82) is 0 Å². The summed E-state index contributed by atoms with van der Waals surface area (Å²) in [5, 5.41) is 0.658. The highest BCUT2D eigenvalue weighted by atomic mass is 32.2. The first kappa shape index (κ1) is 13.4. The van der Waals surface area contributed by atoms with Crippen molar-refractivity contribution in [3.05, 3.63) is 41.1 Å². The highest BCUT2D eigenvalue weighted by Crippen LogP contribution is 2.32. The molecule has 0 amide bonds. The number of thioether (sulfide) groups is 1. The minimum Gasteiger partial charge on any atom is -0.375 e. The molecule has 1 heterocycles. The Labute approximate surface area is 117 Å². The summed E-state index contributed by atoms with van der Waals surface area (Å²) in [5.41, 5.74) is 9.47. The number of hydrogen-bond donors (Lipinski definition) is 1. The van der Waals surface area contributed by atoms with Gasteiger partial charge < -0.3 is 5.73 Å². The van der Waals surface area contributed by atoms with Crippen LogP contribution in [-0.2, 0) is 5.75 Å². The van der Waals surface area contributed by atoms with Crippen molar-refractivity contribution in [2.24, 2.45) is 0 Å². The first-order chi connectivity index (χ1) is 8.56. The number of rotatable bonds is 4. The van der Waals surface area contributed by atoms with Gasteiger partial charge in [0, 0.05) is 5.75 Å². The highest BCUT2D eigenvalue weighted by molar-refractivity contribution is 8.00. The Morgan fingerprint density at radius 1 is 1.28 bits per heavy atom. The molecule has 18 heavy (non-hydrogen) atoms. The van der Waals surface area contributed by atoms with Crippen LogP contribution in [0.25, 0.3) is 0 Å². The van der Waals surface area contributed by atoms with E-state index in [1.165, 1.54) is 15.3 Å². The number of nitrogens with two attached hydrogens (primary N) is 1. The fourth-order valence-corrected chi connectivity index (χ4v) is 3.66. The number of aryl methyl sites for hydroxylation is 1. The molecule has 1 aromatic carbocycles. The SMILES string of the molecule is Cc1nc(N)sc1SCc1ccc(C(C)C)cc1. The summed E-state index contributed by atoms with van der Waals surface area (Å²) in [6.07, 6.45) is 0. The molecule has 0 radical (unpaired) electrons. The number of thiazole rings is 1. The fraction of sp³-hybridized carbons (Fsp3) is 0.357. The molecule has 0 unspecified atom stereocenters. The Balaban J connectivity index is 2.00. The molecule has 0 aliphatic heterocycles. The van der Waals surface area contributed by atoms with Crippen LogP contribution in [0.3, 0.4) is 0 Å². The molecule has 0 fully saturated rings. The molecule has 0 saturated heterocycles. The molecule has 4 heteroatoms. The van der Waals surface area contributed by atoms with Crippen LogP contribution in [0.5, 0.6) is 0 Å². The van der Waals surface area contributed by atoms with E-state index < -0.39 is 0 Å². The standard InChI is InChI=1S/C14H18N2S2/c1-9(2)12-6-4-11(5-7-12)8-17-13-10(3)16-14(15)18-13/h4-7,9H,8H2,1-3H3,(H2,15,16). The Kier molecular flexibility index (Phi) is 4.30. The quantitative estimate of drug-likeness (QED) is 0.840. The second kappa shape index (κ2) is 5.76. The van der Waals surface area contributed by atoms with Gasteiger partial charge in [-0.2, -0.15) is 0 Å². The van der Waals surface area contributed by atoms with E-state index in [0.717, 1.165) is 11.4 Å². The van der Waals surface area contributed by atoms with E-state index in [-0.39, 0.29) is 0 Å². The topological polar surface area (TPSA) is 38.9 Å². The zero-order valence-electron chi connectivity index (χ0n) is 10.9. The lowest BCUT2D eigenvalue weighted by atomic mass is 10.0. The van der Waals surface area contributed by atoms with E-state index in [9.17, 15) is 0 Å². The van der Waals surface area contributed by atoms with Gasteiger partial charge in [0.05, 0.1) is 9.90 Å². The number of anilines is 1. The summed E-state index contributed by atoms with van der Waals surface area (Å²) >= 11 is 3.38. The predicted octanol–water partition coefficient (Wildman–Crippen LogP) is 4.45. The van der Waals surface area contributed by atoms with Crippen molar-refractivity contribution in [2.45, 2.75) is 36.7 Å². The molecular weight excluding hydrogens is 260 g/mol. The number of nitrogens with zero attached hydrogens (tertiary/aromatic N) is 1. The van der Waals surface area contributed by atoms with Crippen LogP contribution in [0.4, 0.5) is 5.13 Å². The van der Waals surface area contributed by atoms with Crippen LogP contribution in [0.2, 0.25) is 0 Å². The molecule has 0 bridgehead atoms. The summed E-state index contributed by atoms with van der Waals surface area (Å²) in [7, 11) is 0. The molecule has 96 valence electrons. The van der Waals surface area contributed by atoms with Crippen LogP contribution < -0.4 is 5.73 Å². The Morgan fingerprint density at radius 3 is 2.44 bits per heavy atom. The van der Waals surface area contributed by atoms with Crippen molar-refractivity contribution in [2.75, 3.05) is 5.73 Å². The molecule has 0 aliphatic rings. The minimum absolute atomic E-state index is 0.593. The lowest BCUT2D eigenvalue weighted by Gasteiger charge is -2.06. The third-order valence-electron chi connectivity index (χ3n) is 2.79. The fourth-order valence-electron chi connectivity index (χ4n) is 1.68. The van der Waals surface area contributed by atoms with Crippen LogP contribution in [0.15, 0.2) is 28.5 Å². The molecule has 1 aromatic heterocycles. The van der Waals surface area contributed by atoms with Crippen molar-refractivity contribution in [1.82, 2.24) is 4.98 Å². The van der Waals surface area contributed by atoms with Gasteiger partial charge in [0.15, 0.2) is 5.13 Å². The molecule has 0 aliphatic carbocycles. The predicted molar refractivity (Wildman–Crippen MR) is 81.4 cm³/mol. The number of aromatic nitrogens is 1. The Morgan fingerprint density at radius 2 is 1.94 bits per heavy atom. The van der Waals surface area contributed by atoms with Crippen LogP contribution in [0, 0.1) is 6.92 Å². The van der Waals surface area contributed by atoms with Crippen LogP contribution in [-0.4, -0.2) is 4.98 Å². The molecule has 0 saturated carbocycles. The lowest BCUT2D eigenvalue weighted by molar-refractivity contribution is 0.866. The van der Waals surface area contributed by atoms with E-state index in [1.54, 1.807) is 11.3 Å². The Hall–Kier alpha value is -1.00. The summed E-state index contributed by atoms with van der Waals surface area (Å²) in [6.45, 7) is 6.44. The second-order valence-electron chi connectivity index (χ2n) is 4.61. The number of hydrogen-bond acceptors (Lipinski definition) is 4. The third-order valence-corrected chi connectivity index (χ3v) is 5.21. The lowest BCUT2D eigenvalue weighted by Crippen LogP contribution is -1.88. The van der Waals surface area contributed by atoms with E-state index >= 15 is 0 Å². The smallest absolute Gasteiger partial charge is 0.181 e. The van der Waals surface area contributed by atoms with Crippen LogP contribution >= 0.6 is 23.1 Å². The molecular formula is C14H18N2S2.